The van der Waals surface area contributed by atoms with Crippen LogP contribution in [0.1, 0.15) is 40.8 Å². The molecule has 2 aromatic rings. The Bertz CT molecular complexity index is 857. The van der Waals surface area contributed by atoms with Gasteiger partial charge in [-0.15, -0.1) is 0 Å². The summed E-state index contributed by atoms with van der Waals surface area (Å²) < 4.78 is 12.2. The minimum absolute atomic E-state index is 0.147. The van der Waals surface area contributed by atoms with Gasteiger partial charge in [0.1, 0.15) is 24.3 Å². The molecule has 4 nitrogen and oxygen atoms in total. The van der Waals surface area contributed by atoms with Gasteiger partial charge in [0.2, 0.25) is 0 Å². The lowest BCUT2D eigenvalue weighted by molar-refractivity contribution is 0.192. The Morgan fingerprint density at radius 2 is 1.20 bits per heavy atom. The largest absolute Gasteiger partial charge is 0.474 e. The molecule has 2 heterocycles. The van der Waals surface area contributed by atoms with Crippen molar-refractivity contribution in [3.63, 3.8) is 0 Å². The fraction of sp³-hybridized carbons (Fsp3) is 0.333. The van der Waals surface area contributed by atoms with Gasteiger partial charge in [0.05, 0.1) is 6.42 Å². The van der Waals surface area contributed by atoms with Crippen LogP contribution in [0.3, 0.4) is 0 Å². The molecule has 2 aliphatic carbocycles. The Hall–Kier alpha value is -2.62. The molecule has 2 unspecified atom stereocenters. The second-order valence-electron chi connectivity index (χ2n) is 7.23. The van der Waals surface area contributed by atoms with E-state index >= 15 is 0 Å². The van der Waals surface area contributed by atoms with Gasteiger partial charge in [-0.1, -0.05) is 48.5 Å². The molecule has 6 rings (SSSR count). The first-order valence-corrected chi connectivity index (χ1v) is 8.97. The first-order valence-electron chi connectivity index (χ1n) is 8.97. The van der Waals surface area contributed by atoms with E-state index in [2.05, 4.69) is 48.5 Å². The van der Waals surface area contributed by atoms with Gasteiger partial charge in [0, 0.05) is 12.8 Å². The molecule has 2 aromatic carbocycles. The Labute approximate surface area is 146 Å². The zero-order valence-corrected chi connectivity index (χ0v) is 13.8. The predicted molar refractivity (Wildman–Crippen MR) is 95.0 cm³/mol. The molecule has 0 saturated carbocycles. The van der Waals surface area contributed by atoms with Crippen LogP contribution < -0.4 is 0 Å². The van der Waals surface area contributed by atoms with Crippen molar-refractivity contribution in [3.8, 4) is 0 Å². The third-order valence-electron chi connectivity index (χ3n) is 5.74. The topological polar surface area (TPSA) is 43.2 Å². The van der Waals surface area contributed by atoms with E-state index in [9.17, 15) is 0 Å². The number of nitrogens with zero attached hydrogens (tertiary/aromatic N) is 2. The monoisotopic (exact) mass is 330 g/mol. The molecule has 25 heavy (non-hydrogen) atoms. The zero-order chi connectivity index (χ0) is 16.4. The average molecular weight is 330 g/mol. The van der Waals surface area contributed by atoms with Gasteiger partial charge in [-0.05, 0) is 22.3 Å². The lowest BCUT2D eigenvalue weighted by atomic mass is 10.1. The molecule has 2 aliphatic heterocycles. The van der Waals surface area contributed by atoms with Crippen molar-refractivity contribution in [2.24, 2.45) is 9.98 Å². The summed E-state index contributed by atoms with van der Waals surface area (Å²) in [6, 6.07) is 17.3. The van der Waals surface area contributed by atoms with E-state index in [1.807, 2.05) is 0 Å². The maximum absolute atomic E-state index is 6.11. The van der Waals surface area contributed by atoms with Crippen molar-refractivity contribution in [2.75, 3.05) is 0 Å². The maximum atomic E-state index is 6.11. The summed E-state index contributed by atoms with van der Waals surface area (Å²) in [6.45, 7) is 0. The highest BCUT2D eigenvalue weighted by molar-refractivity contribution is 5.98. The molecule has 0 aromatic heterocycles. The Morgan fingerprint density at radius 1 is 0.720 bits per heavy atom. The molecule has 0 fully saturated rings. The number of ether oxygens (including phenoxy) is 2. The second kappa shape index (κ2) is 4.94. The number of benzene rings is 2. The minimum atomic E-state index is 0.147. The Kier molecular flexibility index (Phi) is 2.70. The summed E-state index contributed by atoms with van der Waals surface area (Å²) in [5, 5.41) is 0. The third kappa shape index (κ3) is 2.00. The van der Waals surface area contributed by atoms with Crippen LogP contribution >= 0.6 is 0 Å². The highest BCUT2D eigenvalue weighted by Crippen LogP contribution is 2.42. The number of rotatable bonds is 2. The van der Waals surface area contributed by atoms with Crippen LogP contribution in [-0.2, 0) is 22.3 Å². The zero-order valence-electron chi connectivity index (χ0n) is 13.8. The van der Waals surface area contributed by atoms with E-state index in [4.69, 9.17) is 19.5 Å². The smallest absolute Gasteiger partial charge is 0.193 e. The first kappa shape index (κ1) is 13.6. The fourth-order valence-corrected chi connectivity index (χ4v) is 4.62. The summed E-state index contributed by atoms with van der Waals surface area (Å²) in [4.78, 5) is 9.65. The van der Waals surface area contributed by atoms with Gasteiger partial charge in [0.15, 0.2) is 11.8 Å². The lowest BCUT2D eigenvalue weighted by Crippen LogP contribution is -2.17. The van der Waals surface area contributed by atoms with Crippen LogP contribution in [-0.4, -0.2) is 24.0 Å². The number of aliphatic imine (C=N–C) groups is 2. The molecule has 4 aliphatic rings. The van der Waals surface area contributed by atoms with Crippen LogP contribution in [0.25, 0.3) is 0 Å². The first-order chi connectivity index (χ1) is 12.3. The Balaban J connectivity index is 1.23. The van der Waals surface area contributed by atoms with Crippen LogP contribution in [0.2, 0.25) is 0 Å². The molecule has 0 spiro atoms. The molecule has 0 amide bonds. The molecule has 4 atom stereocenters. The fourth-order valence-electron chi connectivity index (χ4n) is 4.62. The van der Waals surface area contributed by atoms with Crippen molar-refractivity contribution in [3.05, 3.63) is 70.8 Å². The van der Waals surface area contributed by atoms with E-state index in [0.29, 0.717) is 6.42 Å². The van der Waals surface area contributed by atoms with Gasteiger partial charge >= 0.3 is 0 Å². The molecule has 0 saturated heterocycles. The second-order valence-corrected chi connectivity index (χ2v) is 7.23. The van der Waals surface area contributed by atoms with Crippen molar-refractivity contribution >= 4 is 11.8 Å². The Morgan fingerprint density at radius 3 is 1.72 bits per heavy atom. The van der Waals surface area contributed by atoms with Crippen LogP contribution in [0.5, 0.6) is 0 Å². The highest BCUT2D eigenvalue weighted by Gasteiger charge is 2.42. The van der Waals surface area contributed by atoms with E-state index in [1.165, 1.54) is 22.3 Å². The lowest BCUT2D eigenvalue weighted by Gasteiger charge is -2.10. The van der Waals surface area contributed by atoms with Crippen molar-refractivity contribution < 1.29 is 9.47 Å². The predicted octanol–water partition coefficient (Wildman–Crippen LogP) is 3.57. The van der Waals surface area contributed by atoms with Gasteiger partial charge in [-0.25, -0.2) is 9.98 Å². The molecular formula is C21H18N2O2. The number of hydrogen-bond donors (Lipinski definition) is 0. The van der Waals surface area contributed by atoms with Gasteiger partial charge in [0.25, 0.3) is 0 Å². The van der Waals surface area contributed by atoms with Crippen molar-refractivity contribution in [2.45, 2.75) is 43.6 Å². The van der Waals surface area contributed by atoms with E-state index in [0.717, 1.165) is 24.6 Å². The van der Waals surface area contributed by atoms with Crippen molar-refractivity contribution in [1.29, 1.82) is 0 Å². The molecule has 0 radical (unpaired) electrons. The highest BCUT2D eigenvalue weighted by atomic mass is 16.5. The van der Waals surface area contributed by atoms with Gasteiger partial charge in [-0.3, -0.25) is 0 Å². The van der Waals surface area contributed by atoms with Crippen LogP contribution in [0.4, 0.5) is 0 Å². The summed E-state index contributed by atoms with van der Waals surface area (Å²) in [5.74, 6) is 1.55. The number of fused-ring (bicyclic) bond motifs is 6. The molecule has 0 bridgehead atoms. The molecule has 4 heteroatoms. The molecule has 0 N–H and O–H groups in total. The molecule has 124 valence electrons. The molecular weight excluding hydrogens is 312 g/mol. The maximum Gasteiger partial charge on any atom is 0.193 e. The van der Waals surface area contributed by atoms with Gasteiger partial charge in [-0.2, -0.15) is 0 Å². The third-order valence-corrected chi connectivity index (χ3v) is 5.74. The summed E-state index contributed by atoms with van der Waals surface area (Å²) in [5.41, 5.74) is 5.34. The van der Waals surface area contributed by atoms with Crippen LogP contribution in [0, 0.1) is 0 Å². The van der Waals surface area contributed by atoms with Crippen molar-refractivity contribution in [1.82, 2.24) is 0 Å². The van der Waals surface area contributed by atoms with Crippen LogP contribution in [0.15, 0.2) is 58.5 Å². The quantitative estimate of drug-likeness (QED) is 0.845. The summed E-state index contributed by atoms with van der Waals surface area (Å²) in [7, 11) is 0. The minimum Gasteiger partial charge on any atom is -0.474 e. The van der Waals surface area contributed by atoms with Gasteiger partial charge < -0.3 is 9.47 Å². The SMILES string of the molecule is c1ccc2c(c1)CC1OC(CC3=N[C@@H]4c5ccccc5C[C@@H]4O3)=NC21. The standard InChI is InChI=1S/C21H18N2O2/c1-3-7-14-12(5-1)9-16-20(14)22-18(24-16)11-19-23-21-15-8-4-2-6-13(15)10-17(21)25-19/h1-8,16-17,20-21H,9-11H2/t16-,17?,20+,21?/m0/s1. The van der Waals surface area contributed by atoms with E-state index in [1.54, 1.807) is 0 Å². The summed E-state index contributed by atoms with van der Waals surface area (Å²) in [6.07, 6.45) is 2.76. The van der Waals surface area contributed by atoms with E-state index in [-0.39, 0.29) is 24.3 Å². The summed E-state index contributed by atoms with van der Waals surface area (Å²) >= 11 is 0. The average Bonchev–Trinajstić information content (AvgIpc) is 3.33. The normalized spacial score (nSPS) is 30.6. The van der Waals surface area contributed by atoms with E-state index < -0.39 is 0 Å². The number of hydrogen-bond acceptors (Lipinski definition) is 4.